The zero-order valence-corrected chi connectivity index (χ0v) is 30.2. The second-order valence-corrected chi connectivity index (χ2v) is 12.0. The molecule has 3 aromatic carbocycles. The fourth-order valence-electron chi connectivity index (χ4n) is 5.06. The molecule has 1 saturated heterocycles. The van der Waals surface area contributed by atoms with Gasteiger partial charge in [0.05, 0.1) is 0 Å². The number of halogens is 6. The van der Waals surface area contributed by atoms with Crippen molar-refractivity contribution in [1.82, 2.24) is 0 Å². The Balaban J connectivity index is 0.000000385. The number of aromatic hydroxyl groups is 1. The summed E-state index contributed by atoms with van der Waals surface area (Å²) in [5, 5.41) is 14.2. The number of carboxylic acid groups (broad SMARTS) is 2. The van der Waals surface area contributed by atoms with Gasteiger partial charge >= 0.3 is 107 Å². The number of benzene rings is 3. The first-order valence-corrected chi connectivity index (χ1v) is 15.9. The maximum Gasteiger partial charge on any atom is 0.490 e. The summed E-state index contributed by atoms with van der Waals surface area (Å²) in [7, 11) is 0. The molecule has 7 nitrogen and oxygen atoms in total. The van der Waals surface area contributed by atoms with Crippen molar-refractivity contribution in [3.05, 3.63) is 94.1 Å². The van der Waals surface area contributed by atoms with Crippen molar-refractivity contribution in [3.63, 3.8) is 0 Å². The smallest absolute Gasteiger partial charge is 0.490 e. The van der Waals surface area contributed by atoms with Crippen LogP contribution in [-0.2, 0) is 27.4 Å². The van der Waals surface area contributed by atoms with Gasteiger partial charge in [-0.2, -0.15) is 33.0 Å². The number of aryl methyl sites for hydroxylation is 6. The number of hydrogen-bond acceptors (Lipinski definition) is 4. The van der Waals surface area contributed by atoms with E-state index < -0.39 is 24.3 Å². The largest absolute Gasteiger partial charge is 0.502 e. The minimum atomic E-state index is -5.08. The van der Waals surface area contributed by atoms with Gasteiger partial charge in [-0.3, -0.25) is 0 Å². The van der Waals surface area contributed by atoms with Gasteiger partial charge in [-0.25, -0.2) is 9.59 Å². The number of nitrogens with zero attached hydrogens (tertiary/aromatic N) is 2. The Morgan fingerprint density at radius 1 is 0.755 bits per heavy atom. The van der Waals surface area contributed by atoms with Crippen molar-refractivity contribution in [2.45, 2.75) is 73.8 Å². The van der Waals surface area contributed by atoms with Gasteiger partial charge in [0.2, 0.25) is 0 Å². The molecule has 49 heavy (non-hydrogen) atoms. The van der Waals surface area contributed by atoms with Crippen LogP contribution in [0.3, 0.4) is 0 Å². The molecule has 0 aliphatic carbocycles. The van der Waals surface area contributed by atoms with Crippen molar-refractivity contribution in [3.8, 4) is 5.75 Å². The minimum Gasteiger partial charge on any atom is -0.502 e. The first-order chi connectivity index (χ1) is 22.5. The number of anilines is 2. The molecule has 0 radical (unpaired) electrons. The van der Waals surface area contributed by atoms with Crippen molar-refractivity contribution in [2.75, 3.05) is 22.9 Å². The normalized spacial score (nSPS) is 12.6. The average Bonchev–Trinajstić information content (AvgIpc) is 3.41. The molecule has 3 N–H and O–H groups in total. The Kier molecular flexibility index (Phi) is 16.5. The number of carbonyl (C=O) groups is 2. The molecule has 14 heteroatoms. The van der Waals surface area contributed by atoms with E-state index in [1.165, 1.54) is 50.3 Å². The number of hydrogen-bond donors (Lipinski definition) is 2. The van der Waals surface area contributed by atoms with E-state index >= 15 is 0 Å². The molecule has 0 unspecified atom stereocenters. The number of carboxylic acids is 2. The molecule has 1 heterocycles. The van der Waals surface area contributed by atoms with Crippen LogP contribution in [0.4, 0.5) is 37.7 Å². The van der Waals surface area contributed by atoms with Crippen LogP contribution in [0.15, 0.2) is 48.5 Å². The van der Waals surface area contributed by atoms with Crippen LogP contribution in [0.2, 0.25) is 0 Å². The average molecular weight is 786 g/mol. The second kappa shape index (κ2) is 18.7. The molecule has 1 fully saturated rings. The Bertz CT molecular complexity index is 1460. The zero-order chi connectivity index (χ0) is 37.9. The molecule has 0 atom stereocenters. The summed E-state index contributed by atoms with van der Waals surface area (Å²) in [4.78, 5) is 22.6. The van der Waals surface area contributed by atoms with Crippen LogP contribution in [0, 0.1) is 48.2 Å². The van der Waals surface area contributed by atoms with Gasteiger partial charge in [0.15, 0.2) is 0 Å². The molecule has 1 aliphatic heterocycles. The molecule has 271 valence electrons. The summed E-state index contributed by atoms with van der Waals surface area (Å²) in [6.07, 6.45) is -9.81. The molecule has 3 aromatic rings. The van der Waals surface area contributed by atoms with E-state index in [1.807, 2.05) is 22.8 Å². The summed E-state index contributed by atoms with van der Waals surface area (Å²) in [6, 6.07) is 17.3. The number of aliphatic hydroxyl groups is 1. The first-order valence-electron chi connectivity index (χ1n) is 14.9. The molecule has 1 aliphatic rings. The monoisotopic (exact) mass is 786 g/mol. The van der Waals surface area contributed by atoms with Crippen molar-refractivity contribution < 1.29 is 68.7 Å². The van der Waals surface area contributed by atoms with E-state index in [-0.39, 0.29) is 0 Å². The molecular formula is C35H42F6N2O5Ru+. The van der Waals surface area contributed by atoms with E-state index in [1.54, 1.807) is 0 Å². The Labute approximate surface area is 292 Å². The van der Waals surface area contributed by atoms with Crippen LogP contribution in [0.1, 0.15) is 52.8 Å². The van der Waals surface area contributed by atoms with Crippen LogP contribution < -0.4 is 9.80 Å². The Morgan fingerprint density at radius 3 is 1.37 bits per heavy atom. The van der Waals surface area contributed by atoms with E-state index in [9.17, 15) is 26.3 Å². The fourth-order valence-corrected chi connectivity index (χ4v) is 5.48. The number of para-hydroxylation sites is 1. The van der Waals surface area contributed by atoms with Crippen molar-refractivity contribution in [2.24, 2.45) is 0 Å². The summed E-state index contributed by atoms with van der Waals surface area (Å²) in [5.74, 6) is -4.44. The molecule has 0 saturated carbocycles. The van der Waals surface area contributed by atoms with Gasteiger partial charge in [0.25, 0.3) is 0 Å². The SMILES string of the molecule is CC(C)[OH+]c1ccccc1[CH]=[Ru+].Cc1cc(C)c(N2[CH-]N(c3c(C)cc(C)cc3C)CC2)c(C)c1.O=C(O)C(F)(F)F.O=C(O)C(F)(F)F. The maximum atomic E-state index is 10.6. The van der Waals surface area contributed by atoms with Gasteiger partial charge in [-0.15, -0.1) is 0 Å². The molecular weight excluding hydrogens is 743 g/mol. The number of rotatable bonds is 5. The van der Waals surface area contributed by atoms with Crippen LogP contribution in [-0.4, -0.2) is 63.0 Å². The fraction of sp³-hybridized carbons (Fsp3) is 0.371. The number of ether oxygens (including phenoxy) is 1. The second-order valence-electron chi connectivity index (χ2n) is 11.5. The van der Waals surface area contributed by atoms with Gasteiger partial charge in [0.1, 0.15) is 0 Å². The summed E-state index contributed by atoms with van der Waals surface area (Å²) < 4.78 is 70.0. The standard InChI is InChI=1S/C21H27N2.C10H12O.2C2HF3O2.Ru/c1-14-9-16(3)20(17(4)10-14)22-7-8-23(13-22)21-18(5)11-15(2)12-19(21)6;1-8(2)11-10-7-5-4-6-9(10)3;2*3-2(4,5)1(6)7;/h9-13H,7-8H2,1-6H3;3-8H,1-2H3;2*(H,6,7);/q-1;;;;+1/p+1. The quantitative estimate of drug-likeness (QED) is 0.117. The maximum absolute atomic E-state index is 10.6. The molecule has 4 rings (SSSR count). The van der Waals surface area contributed by atoms with Crippen molar-refractivity contribution >= 4 is 27.9 Å². The molecule has 0 amide bonds. The van der Waals surface area contributed by atoms with Crippen LogP contribution in [0.5, 0.6) is 5.75 Å². The predicted octanol–water partition coefficient (Wildman–Crippen LogP) is 8.28. The van der Waals surface area contributed by atoms with Crippen molar-refractivity contribution in [1.29, 1.82) is 0 Å². The third-order valence-electron chi connectivity index (χ3n) is 6.63. The summed E-state index contributed by atoms with van der Waals surface area (Å²) in [5.41, 5.74) is 12.0. The third-order valence-corrected chi connectivity index (χ3v) is 7.18. The zero-order valence-electron chi connectivity index (χ0n) is 28.4. The first kappa shape index (κ1) is 43.1. The molecule has 0 spiro atoms. The van der Waals surface area contributed by atoms with Gasteiger partial charge in [0, 0.05) is 24.5 Å². The third kappa shape index (κ3) is 14.2. The van der Waals surface area contributed by atoms with Gasteiger partial charge < -0.3 is 20.0 Å². The Hall–Kier alpha value is -3.93. The summed E-state index contributed by atoms with van der Waals surface area (Å²) >= 11 is 2.51. The molecule has 0 aromatic heterocycles. The summed E-state index contributed by atoms with van der Waals surface area (Å²) in [6.45, 7) is 21.7. The van der Waals surface area contributed by atoms with Gasteiger partial charge in [-0.05, 0) is 63.8 Å². The van der Waals surface area contributed by atoms with E-state index in [2.05, 4.69) is 125 Å². The predicted molar refractivity (Wildman–Crippen MR) is 176 cm³/mol. The number of aliphatic carboxylic acids is 2. The topological polar surface area (TPSA) is 93.9 Å². The van der Waals surface area contributed by atoms with E-state index in [0.717, 1.165) is 18.8 Å². The minimum absolute atomic E-state index is 0.359. The number of alkyl halides is 6. The van der Waals surface area contributed by atoms with E-state index in [4.69, 9.17) is 19.8 Å². The Morgan fingerprint density at radius 2 is 1.08 bits per heavy atom. The van der Waals surface area contributed by atoms with Crippen LogP contribution in [0.25, 0.3) is 0 Å². The van der Waals surface area contributed by atoms with Crippen LogP contribution >= 0.6 is 0 Å². The van der Waals surface area contributed by atoms with E-state index in [0.29, 0.717) is 6.10 Å². The van der Waals surface area contributed by atoms with Gasteiger partial charge in [-0.1, -0.05) is 35.4 Å². The molecule has 0 bridgehead atoms.